The van der Waals surface area contributed by atoms with Crippen molar-refractivity contribution in [2.75, 3.05) is 13.1 Å². The number of H-pyrrole nitrogens is 1. The number of nitrogens with zero attached hydrogens (tertiary/aromatic N) is 3. The fourth-order valence-electron chi connectivity index (χ4n) is 3.56. The number of fused-ring (bicyclic) bond motifs is 2. The zero-order valence-corrected chi connectivity index (χ0v) is 15.3. The molecule has 1 atom stereocenters. The van der Waals surface area contributed by atoms with Crippen LogP contribution in [-0.2, 0) is 11.2 Å². The number of aryl methyl sites for hydroxylation is 1. The normalized spacial score (nSPS) is 16.7. The number of nitrogens with one attached hydrogen (secondary N) is 2. The lowest BCUT2D eigenvalue weighted by Gasteiger charge is -2.25. The van der Waals surface area contributed by atoms with Gasteiger partial charge in [-0.25, -0.2) is 4.98 Å². The molecule has 27 heavy (non-hydrogen) atoms. The quantitative estimate of drug-likeness (QED) is 0.730. The topological polar surface area (TPSA) is 91.0 Å². The van der Waals surface area contributed by atoms with E-state index in [1.54, 1.807) is 17.9 Å². The summed E-state index contributed by atoms with van der Waals surface area (Å²) in [6.07, 6.45) is 2.31. The van der Waals surface area contributed by atoms with Gasteiger partial charge < -0.3 is 10.2 Å². The Morgan fingerprint density at radius 2 is 2.11 bits per heavy atom. The Kier molecular flexibility index (Phi) is 4.35. The van der Waals surface area contributed by atoms with Gasteiger partial charge in [-0.3, -0.25) is 14.7 Å². The summed E-state index contributed by atoms with van der Waals surface area (Å²) < 4.78 is 0. The molecule has 1 aliphatic heterocycles. The Bertz CT molecular complexity index is 1030. The van der Waals surface area contributed by atoms with E-state index in [2.05, 4.69) is 26.6 Å². The summed E-state index contributed by atoms with van der Waals surface area (Å²) in [6.45, 7) is 4.57. The number of pyridine rings is 1. The summed E-state index contributed by atoms with van der Waals surface area (Å²) >= 11 is 0. The summed E-state index contributed by atoms with van der Waals surface area (Å²) in [5, 5.41) is 10.9. The van der Waals surface area contributed by atoms with Crippen LogP contribution in [-0.4, -0.2) is 45.0 Å². The molecule has 7 nitrogen and oxygen atoms in total. The monoisotopic (exact) mass is 363 g/mol. The summed E-state index contributed by atoms with van der Waals surface area (Å²) in [4.78, 5) is 30.9. The van der Waals surface area contributed by atoms with Gasteiger partial charge in [0.2, 0.25) is 5.91 Å². The molecule has 1 aromatic carbocycles. The van der Waals surface area contributed by atoms with Crippen molar-refractivity contribution in [1.29, 1.82) is 0 Å². The third-order valence-electron chi connectivity index (χ3n) is 5.10. The predicted octanol–water partition coefficient (Wildman–Crippen LogP) is 2.14. The SMILES string of the molecule is CC(=O)N1CCc2ccccc2C(NC(=O)c2cnc3n[nH]c(C)c3c2)C1. The van der Waals surface area contributed by atoms with Gasteiger partial charge in [0, 0.05) is 37.3 Å². The summed E-state index contributed by atoms with van der Waals surface area (Å²) in [7, 11) is 0. The molecule has 4 rings (SSSR count). The molecule has 2 amide bonds. The molecular formula is C20H21N5O2. The fraction of sp³-hybridized carbons (Fsp3) is 0.300. The van der Waals surface area contributed by atoms with Crippen LogP contribution >= 0.6 is 0 Å². The van der Waals surface area contributed by atoms with Crippen molar-refractivity contribution in [1.82, 2.24) is 25.4 Å². The second-order valence-corrected chi connectivity index (χ2v) is 6.88. The van der Waals surface area contributed by atoms with Gasteiger partial charge in [-0.2, -0.15) is 5.10 Å². The van der Waals surface area contributed by atoms with Crippen molar-refractivity contribution in [3.8, 4) is 0 Å². The van der Waals surface area contributed by atoms with Gasteiger partial charge >= 0.3 is 0 Å². The minimum absolute atomic E-state index is 0.0131. The lowest BCUT2D eigenvalue weighted by Crippen LogP contribution is -2.39. The van der Waals surface area contributed by atoms with Crippen LogP contribution in [0.4, 0.5) is 0 Å². The molecule has 3 heterocycles. The van der Waals surface area contributed by atoms with E-state index in [0.29, 0.717) is 24.3 Å². The first-order valence-electron chi connectivity index (χ1n) is 8.98. The van der Waals surface area contributed by atoms with Crippen molar-refractivity contribution in [3.05, 3.63) is 58.9 Å². The Balaban J connectivity index is 1.64. The molecule has 138 valence electrons. The van der Waals surface area contributed by atoms with Crippen LogP contribution in [0.5, 0.6) is 0 Å². The molecule has 1 aliphatic rings. The summed E-state index contributed by atoms with van der Waals surface area (Å²) in [5.74, 6) is -0.200. The van der Waals surface area contributed by atoms with Crippen LogP contribution in [0.25, 0.3) is 11.0 Å². The minimum atomic E-state index is -0.263. The molecule has 7 heteroatoms. The van der Waals surface area contributed by atoms with Crippen molar-refractivity contribution in [2.24, 2.45) is 0 Å². The van der Waals surface area contributed by atoms with Crippen molar-refractivity contribution < 1.29 is 9.59 Å². The number of hydrogen-bond acceptors (Lipinski definition) is 4. The Morgan fingerprint density at radius 1 is 1.30 bits per heavy atom. The molecule has 0 radical (unpaired) electrons. The summed E-state index contributed by atoms with van der Waals surface area (Å²) in [5.41, 5.74) is 4.15. The van der Waals surface area contributed by atoms with Gasteiger partial charge in [-0.1, -0.05) is 24.3 Å². The van der Waals surface area contributed by atoms with Crippen LogP contribution in [0.1, 0.15) is 40.1 Å². The van der Waals surface area contributed by atoms with Gasteiger partial charge in [-0.05, 0) is 30.5 Å². The van der Waals surface area contributed by atoms with Gasteiger partial charge in [0.05, 0.1) is 11.6 Å². The molecule has 2 aromatic heterocycles. The van der Waals surface area contributed by atoms with Crippen molar-refractivity contribution in [2.45, 2.75) is 26.3 Å². The van der Waals surface area contributed by atoms with E-state index in [0.717, 1.165) is 28.6 Å². The predicted molar refractivity (Wildman–Crippen MR) is 101 cm³/mol. The molecule has 0 fully saturated rings. The lowest BCUT2D eigenvalue weighted by atomic mass is 9.99. The van der Waals surface area contributed by atoms with Crippen LogP contribution in [0, 0.1) is 6.92 Å². The van der Waals surface area contributed by atoms with Gasteiger partial charge in [0.15, 0.2) is 5.65 Å². The number of rotatable bonds is 2. The number of hydrogen-bond donors (Lipinski definition) is 2. The highest BCUT2D eigenvalue weighted by atomic mass is 16.2. The molecular weight excluding hydrogens is 342 g/mol. The number of benzene rings is 1. The molecule has 1 unspecified atom stereocenters. The molecule has 2 N–H and O–H groups in total. The first kappa shape index (κ1) is 17.2. The zero-order chi connectivity index (χ0) is 19.0. The van der Waals surface area contributed by atoms with Crippen LogP contribution in [0.15, 0.2) is 36.5 Å². The van der Waals surface area contributed by atoms with Crippen LogP contribution in [0.2, 0.25) is 0 Å². The van der Waals surface area contributed by atoms with Crippen molar-refractivity contribution in [3.63, 3.8) is 0 Å². The largest absolute Gasteiger partial charge is 0.343 e. The molecule has 0 saturated carbocycles. The van der Waals surface area contributed by atoms with E-state index in [4.69, 9.17) is 0 Å². The maximum absolute atomic E-state index is 12.9. The van der Waals surface area contributed by atoms with Crippen LogP contribution in [0.3, 0.4) is 0 Å². The molecule has 0 aliphatic carbocycles. The zero-order valence-electron chi connectivity index (χ0n) is 15.3. The van der Waals surface area contributed by atoms with Gasteiger partial charge in [0.1, 0.15) is 0 Å². The van der Waals surface area contributed by atoms with E-state index in [-0.39, 0.29) is 17.9 Å². The molecule has 0 saturated heterocycles. The molecule has 0 bridgehead atoms. The highest BCUT2D eigenvalue weighted by Gasteiger charge is 2.26. The number of amides is 2. The average Bonchev–Trinajstić information content (AvgIpc) is 2.93. The number of aromatic nitrogens is 3. The third kappa shape index (κ3) is 3.28. The van der Waals surface area contributed by atoms with Crippen molar-refractivity contribution >= 4 is 22.8 Å². The maximum Gasteiger partial charge on any atom is 0.253 e. The van der Waals surface area contributed by atoms with E-state index in [1.807, 2.05) is 25.1 Å². The number of carbonyl (C=O) groups excluding carboxylic acids is 2. The van der Waals surface area contributed by atoms with E-state index in [9.17, 15) is 9.59 Å². The molecule has 0 spiro atoms. The lowest BCUT2D eigenvalue weighted by molar-refractivity contribution is -0.129. The second-order valence-electron chi connectivity index (χ2n) is 6.88. The Morgan fingerprint density at radius 3 is 2.93 bits per heavy atom. The van der Waals surface area contributed by atoms with Gasteiger partial charge in [0.25, 0.3) is 5.91 Å². The number of aromatic amines is 1. The fourth-order valence-corrected chi connectivity index (χ4v) is 3.56. The average molecular weight is 363 g/mol. The van der Waals surface area contributed by atoms with E-state index >= 15 is 0 Å². The highest BCUT2D eigenvalue weighted by molar-refractivity contribution is 5.97. The smallest absolute Gasteiger partial charge is 0.253 e. The van der Waals surface area contributed by atoms with Gasteiger partial charge in [-0.15, -0.1) is 0 Å². The molecule has 3 aromatic rings. The second kappa shape index (κ2) is 6.83. The standard InChI is InChI=1S/C20H21N5O2/c1-12-17-9-15(10-21-19(17)24-23-12)20(27)22-18-11-25(13(2)26)8-7-14-5-3-4-6-16(14)18/h3-6,9-10,18H,7-8,11H2,1-2H3,(H,22,27)(H,21,23,24). The maximum atomic E-state index is 12.9. The van der Waals surface area contributed by atoms with E-state index < -0.39 is 0 Å². The first-order chi connectivity index (χ1) is 13.0. The summed E-state index contributed by atoms with van der Waals surface area (Å²) in [6, 6.07) is 9.56. The number of carbonyl (C=O) groups is 2. The highest BCUT2D eigenvalue weighted by Crippen LogP contribution is 2.24. The first-order valence-corrected chi connectivity index (χ1v) is 8.98. The van der Waals surface area contributed by atoms with Crippen LogP contribution < -0.4 is 5.32 Å². The Hall–Kier alpha value is -3.22. The Labute approximate surface area is 156 Å². The minimum Gasteiger partial charge on any atom is -0.343 e. The third-order valence-corrected chi connectivity index (χ3v) is 5.10. The van der Waals surface area contributed by atoms with E-state index in [1.165, 1.54) is 6.20 Å².